The minimum Gasteiger partial charge on any atom is -0.319 e. The first-order chi connectivity index (χ1) is 8.99. The summed E-state index contributed by atoms with van der Waals surface area (Å²) in [5, 5.41) is 2.81. The smallest absolute Gasteiger partial charge is 0.256 e. The van der Waals surface area contributed by atoms with Crippen LogP contribution in [0.5, 0.6) is 0 Å². The molecule has 19 heavy (non-hydrogen) atoms. The minimum absolute atomic E-state index is 0.105. The molecule has 0 radical (unpaired) electrons. The Morgan fingerprint density at radius 3 is 2.74 bits per heavy atom. The highest BCUT2D eigenvalue weighted by atomic mass is 79.9. The van der Waals surface area contributed by atoms with Crippen LogP contribution in [-0.4, -0.2) is 5.91 Å². The Balaban J connectivity index is 2.28. The maximum atomic E-state index is 13.6. The average Bonchev–Trinajstić information content (AvgIpc) is 2.36. The van der Waals surface area contributed by atoms with E-state index in [9.17, 15) is 9.18 Å². The van der Waals surface area contributed by atoms with Crippen LogP contribution in [0.1, 0.15) is 15.9 Å². The summed E-state index contributed by atoms with van der Waals surface area (Å²) in [6.45, 7) is 1.82. The van der Waals surface area contributed by atoms with Gasteiger partial charge in [0.15, 0.2) is 0 Å². The quantitative estimate of drug-likeness (QED) is 0.834. The van der Waals surface area contributed by atoms with Crippen molar-refractivity contribution < 1.29 is 9.18 Å². The van der Waals surface area contributed by atoms with Crippen LogP contribution in [0, 0.1) is 12.7 Å². The van der Waals surface area contributed by atoms with E-state index in [1.54, 1.807) is 12.1 Å². The van der Waals surface area contributed by atoms with Crippen molar-refractivity contribution in [1.82, 2.24) is 0 Å². The van der Waals surface area contributed by atoms with Gasteiger partial charge in [0.05, 0.1) is 5.69 Å². The maximum absolute atomic E-state index is 13.6. The van der Waals surface area contributed by atoms with E-state index < -0.39 is 5.82 Å². The summed E-state index contributed by atoms with van der Waals surface area (Å²) in [6.07, 6.45) is 0. The summed E-state index contributed by atoms with van der Waals surface area (Å²) >= 11 is 9.01. The van der Waals surface area contributed by atoms with Gasteiger partial charge in [-0.05, 0) is 42.8 Å². The van der Waals surface area contributed by atoms with E-state index in [-0.39, 0.29) is 16.6 Å². The zero-order valence-electron chi connectivity index (χ0n) is 10.0. The highest BCUT2D eigenvalue weighted by molar-refractivity contribution is 9.10. The Labute approximate surface area is 123 Å². The van der Waals surface area contributed by atoms with Crippen LogP contribution in [-0.2, 0) is 0 Å². The molecule has 0 fully saturated rings. The van der Waals surface area contributed by atoms with Crippen molar-refractivity contribution in [2.75, 3.05) is 5.32 Å². The summed E-state index contributed by atoms with van der Waals surface area (Å²) in [7, 11) is 0. The second-order valence-electron chi connectivity index (χ2n) is 3.99. The predicted molar refractivity (Wildman–Crippen MR) is 78.2 cm³/mol. The normalized spacial score (nSPS) is 10.3. The van der Waals surface area contributed by atoms with Gasteiger partial charge in [0.2, 0.25) is 0 Å². The fourth-order valence-electron chi connectivity index (χ4n) is 1.63. The molecule has 2 rings (SSSR count). The van der Waals surface area contributed by atoms with E-state index in [1.165, 1.54) is 12.1 Å². The summed E-state index contributed by atoms with van der Waals surface area (Å²) in [5.41, 5.74) is 1.40. The van der Waals surface area contributed by atoms with Crippen molar-refractivity contribution in [3.8, 4) is 0 Å². The Kier molecular flexibility index (Phi) is 4.22. The number of rotatable bonds is 2. The molecule has 2 nitrogen and oxygen atoms in total. The highest BCUT2D eigenvalue weighted by Crippen LogP contribution is 2.22. The van der Waals surface area contributed by atoms with E-state index >= 15 is 0 Å². The molecule has 0 aromatic heterocycles. The molecule has 0 unspecified atom stereocenters. The first kappa shape index (κ1) is 14.0. The average molecular weight is 343 g/mol. The SMILES string of the molecule is Cc1c(Br)cccc1C(=O)Nc1ccc(Cl)cc1F. The summed E-state index contributed by atoms with van der Waals surface area (Å²) < 4.78 is 14.4. The van der Waals surface area contributed by atoms with Gasteiger partial charge >= 0.3 is 0 Å². The Hall–Kier alpha value is -1.39. The zero-order chi connectivity index (χ0) is 14.0. The van der Waals surface area contributed by atoms with Crippen LogP contribution >= 0.6 is 27.5 Å². The van der Waals surface area contributed by atoms with Gasteiger partial charge < -0.3 is 5.32 Å². The van der Waals surface area contributed by atoms with E-state index in [0.717, 1.165) is 16.1 Å². The van der Waals surface area contributed by atoms with Crippen LogP contribution in [0.15, 0.2) is 40.9 Å². The van der Waals surface area contributed by atoms with Crippen molar-refractivity contribution in [2.24, 2.45) is 0 Å². The van der Waals surface area contributed by atoms with E-state index in [4.69, 9.17) is 11.6 Å². The number of amides is 1. The summed E-state index contributed by atoms with van der Waals surface area (Å²) in [5.74, 6) is -0.923. The van der Waals surface area contributed by atoms with E-state index in [1.807, 2.05) is 13.0 Å². The third-order valence-electron chi connectivity index (χ3n) is 2.69. The number of carbonyl (C=O) groups excluding carboxylic acids is 1. The van der Waals surface area contributed by atoms with Crippen LogP contribution in [0.4, 0.5) is 10.1 Å². The molecule has 0 spiro atoms. The molecule has 5 heteroatoms. The molecule has 0 aliphatic rings. The molecule has 0 heterocycles. The second-order valence-corrected chi connectivity index (χ2v) is 5.28. The largest absolute Gasteiger partial charge is 0.319 e. The number of halogens is 3. The molecule has 0 saturated heterocycles. The number of hydrogen-bond acceptors (Lipinski definition) is 1. The molecule has 0 aliphatic carbocycles. The molecular weight excluding hydrogens is 333 g/mol. The molecular formula is C14H10BrClFNO. The molecule has 0 atom stereocenters. The number of anilines is 1. The minimum atomic E-state index is -0.562. The lowest BCUT2D eigenvalue weighted by molar-refractivity contribution is 0.102. The number of hydrogen-bond donors (Lipinski definition) is 1. The third kappa shape index (κ3) is 3.14. The number of carbonyl (C=O) groups is 1. The van der Waals surface area contributed by atoms with Gasteiger partial charge in [-0.15, -0.1) is 0 Å². The van der Waals surface area contributed by atoms with Crippen LogP contribution in [0.25, 0.3) is 0 Å². The Bertz CT molecular complexity index is 645. The lowest BCUT2D eigenvalue weighted by atomic mass is 10.1. The zero-order valence-corrected chi connectivity index (χ0v) is 12.3. The van der Waals surface area contributed by atoms with Crippen LogP contribution in [0.2, 0.25) is 5.02 Å². The van der Waals surface area contributed by atoms with Crippen molar-refractivity contribution in [1.29, 1.82) is 0 Å². The van der Waals surface area contributed by atoms with Gasteiger partial charge in [0.25, 0.3) is 5.91 Å². The van der Waals surface area contributed by atoms with Gasteiger partial charge in [0, 0.05) is 15.1 Å². The lowest BCUT2D eigenvalue weighted by Gasteiger charge is -2.09. The van der Waals surface area contributed by atoms with Crippen molar-refractivity contribution in [3.63, 3.8) is 0 Å². The molecule has 2 aromatic rings. The molecule has 0 bridgehead atoms. The number of benzene rings is 2. The van der Waals surface area contributed by atoms with Crippen molar-refractivity contribution in [2.45, 2.75) is 6.92 Å². The lowest BCUT2D eigenvalue weighted by Crippen LogP contribution is -2.14. The first-order valence-corrected chi connectivity index (χ1v) is 6.67. The third-order valence-corrected chi connectivity index (χ3v) is 3.79. The van der Waals surface area contributed by atoms with Crippen molar-refractivity contribution >= 4 is 39.1 Å². The highest BCUT2D eigenvalue weighted by Gasteiger charge is 2.13. The fourth-order valence-corrected chi connectivity index (χ4v) is 2.16. The summed E-state index contributed by atoms with van der Waals surface area (Å²) in [6, 6.07) is 9.39. The van der Waals surface area contributed by atoms with Gasteiger partial charge in [-0.3, -0.25) is 4.79 Å². The monoisotopic (exact) mass is 341 g/mol. The predicted octanol–water partition coefficient (Wildman–Crippen LogP) is 4.80. The molecule has 1 amide bonds. The van der Waals surface area contributed by atoms with E-state index in [2.05, 4.69) is 21.2 Å². The Morgan fingerprint density at radius 2 is 2.05 bits per heavy atom. The molecule has 2 aromatic carbocycles. The standard InChI is InChI=1S/C14H10BrClFNO/c1-8-10(3-2-4-11(8)15)14(19)18-13-6-5-9(16)7-12(13)17/h2-7H,1H3,(H,18,19). The topological polar surface area (TPSA) is 29.1 Å². The number of nitrogens with one attached hydrogen (secondary N) is 1. The van der Waals surface area contributed by atoms with E-state index in [0.29, 0.717) is 5.56 Å². The van der Waals surface area contributed by atoms with Gasteiger partial charge in [-0.2, -0.15) is 0 Å². The molecule has 1 N–H and O–H groups in total. The summed E-state index contributed by atoms with van der Waals surface area (Å²) in [4.78, 5) is 12.1. The van der Waals surface area contributed by atoms with Gasteiger partial charge in [-0.1, -0.05) is 33.6 Å². The van der Waals surface area contributed by atoms with Crippen molar-refractivity contribution in [3.05, 3.63) is 62.8 Å². The van der Waals surface area contributed by atoms with Gasteiger partial charge in [-0.25, -0.2) is 4.39 Å². The fraction of sp³-hybridized carbons (Fsp3) is 0.0714. The molecule has 0 aliphatic heterocycles. The Morgan fingerprint density at radius 1 is 1.32 bits per heavy atom. The van der Waals surface area contributed by atoms with Crippen LogP contribution < -0.4 is 5.32 Å². The van der Waals surface area contributed by atoms with Gasteiger partial charge in [0.1, 0.15) is 5.82 Å². The van der Waals surface area contributed by atoms with Crippen LogP contribution in [0.3, 0.4) is 0 Å². The first-order valence-electron chi connectivity index (χ1n) is 5.50. The molecule has 98 valence electrons. The maximum Gasteiger partial charge on any atom is 0.256 e. The molecule has 0 saturated carbocycles. The second kappa shape index (κ2) is 5.72.